The highest BCUT2D eigenvalue weighted by Crippen LogP contribution is 2.36. The molecule has 0 radical (unpaired) electrons. The van der Waals surface area contributed by atoms with E-state index in [1.165, 1.54) is 6.07 Å². The number of nitro groups is 1. The maximum atomic E-state index is 13.6. The normalized spacial score (nSPS) is 18.8. The Morgan fingerprint density at radius 2 is 2.32 bits per heavy atom. The summed E-state index contributed by atoms with van der Waals surface area (Å²) in [5, 5.41) is 19.9. The molecule has 1 aromatic rings. The van der Waals surface area contributed by atoms with Crippen LogP contribution in [0.15, 0.2) is 18.2 Å². The van der Waals surface area contributed by atoms with Crippen LogP contribution >= 0.6 is 0 Å². The molecule has 0 aromatic heterocycles. The molecule has 1 aromatic carbocycles. The smallest absolute Gasteiger partial charge is 0.327 e. The molecule has 5 nitrogen and oxygen atoms in total. The number of hydrogen-bond donors (Lipinski definition) is 1. The van der Waals surface area contributed by atoms with Crippen molar-refractivity contribution in [1.29, 1.82) is 0 Å². The third-order valence-electron chi connectivity index (χ3n) is 3.53. The number of halogens is 1. The first-order valence-electron chi connectivity index (χ1n) is 6.45. The van der Waals surface area contributed by atoms with Crippen LogP contribution < -0.4 is 4.90 Å². The lowest BCUT2D eigenvalue weighted by atomic mass is 10.1. The average Bonchev–Trinajstić information content (AvgIpc) is 2.83. The van der Waals surface area contributed by atoms with E-state index in [0.29, 0.717) is 18.7 Å². The van der Waals surface area contributed by atoms with Gasteiger partial charge in [0.1, 0.15) is 5.69 Å². The van der Waals surface area contributed by atoms with Crippen LogP contribution in [-0.2, 0) is 0 Å². The number of hydrogen-bond acceptors (Lipinski definition) is 4. The zero-order chi connectivity index (χ0) is 13.8. The van der Waals surface area contributed by atoms with Crippen LogP contribution in [0.25, 0.3) is 0 Å². The Labute approximate surface area is 110 Å². The van der Waals surface area contributed by atoms with E-state index in [9.17, 15) is 14.5 Å². The Balaban J connectivity index is 2.30. The molecule has 1 aliphatic rings. The van der Waals surface area contributed by atoms with Crippen molar-refractivity contribution in [2.45, 2.75) is 31.7 Å². The van der Waals surface area contributed by atoms with Gasteiger partial charge < -0.3 is 10.0 Å². The van der Waals surface area contributed by atoms with Gasteiger partial charge in [0.05, 0.1) is 4.92 Å². The van der Waals surface area contributed by atoms with Crippen molar-refractivity contribution >= 4 is 11.4 Å². The fourth-order valence-corrected chi connectivity index (χ4v) is 2.70. The Morgan fingerprint density at radius 3 is 3.00 bits per heavy atom. The van der Waals surface area contributed by atoms with E-state index < -0.39 is 16.4 Å². The number of rotatable bonds is 5. The number of aliphatic hydroxyl groups is 1. The molecule has 0 aliphatic carbocycles. The summed E-state index contributed by atoms with van der Waals surface area (Å²) >= 11 is 0. The fourth-order valence-electron chi connectivity index (χ4n) is 2.70. The Hall–Kier alpha value is -1.69. The summed E-state index contributed by atoms with van der Waals surface area (Å²) in [5.41, 5.74) is -0.0937. The lowest BCUT2D eigenvalue weighted by molar-refractivity contribution is -0.386. The molecule has 19 heavy (non-hydrogen) atoms. The predicted molar refractivity (Wildman–Crippen MR) is 69.7 cm³/mol. The summed E-state index contributed by atoms with van der Waals surface area (Å²) in [7, 11) is 0. The minimum Gasteiger partial charge on any atom is -0.396 e. The van der Waals surface area contributed by atoms with Crippen molar-refractivity contribution in [3.8, 4) is 0 Å². The average molecular weight is 268 g/mol. The molecule has 0 amide bonds. The first kappa shape index (κ1) is 13.7. The van der Waals surface area contributed by atoms with Gasteiger partial charge in [-0.3, -0.25) is 10.1 Å². The minimum absolute atomic E-state index is 0.107. The van der Waals surface area contributed by atoms with E-state index in [2.05, 4.69) is 0 Å². The van der Waals surface area contributed by atoms with Gasteiger partial charge in [-0.25, -0.2) is 0 Å². The van der Waals surface area contributed by atoms with Crippen LogP contribution in [-0.4, -0.2) is 29.2 Å². The molecule has 1 N–H and O–H groups in total. The van der Waals surface area contributed by atoms with E-state index in [0.717, 1.165) is 25.3 Å². The van der Waals surface area contributed by atoms with Gasteiger partial charge in [-0.1, -0.05) is 6.07 Å². The number of anilines is 1. The van der Waals surface area contributed by atoms with Crippen LogP contribution in [0, 0.1) is 15.9 Å². The Kier molecular flexibility index (Phi) is 4.31. The SMILES string of the molecule is O=[N+]([O-])c1c(F)cccc1N1CCCC1CCCO. The number of nitrogens with zero attached hydrogens (tertiary/aromatic N) is 2. The van der Waals surface area contributed by atoms with Crippen molar-refractivity contribution in [2.24, 2.45) is 0 Å². The quantitative estimate of drug-likeness (QED) is 0.658. The maximum Gasteiger partial charge on any atom is 0.327 e. The maximum absolute atomic E-state index is 13.6. The molecule has 1 aliphatic heterocycles. The molecule has 1 fully saturated rings. The van der Waals surface area contributed by atoms with Crippen molar-refractivity contribution in [1.82, 2.24) is 0 Å². The Morgan fingerprint density at radius 1 is 1.53 bits per heavy atom. The van der Waals surface area contributed by atoms with Gasteiger partial charge >= 0.3 is 5.69 Å². The number of aliphatic hydroxyl groups excluding tert-OH is 1. The van der Waals surface area contributed by atoms with E-state index in [1.54, 1.807) is 6.07 Å². The highest BCUT2D eigenvalue weighted by molar-refractivity contribution is 5.64. The van der Waals surface area contributed by atoms with E-state index in [1.807, 2.05) is 4.90 Å². The monoisotopic (exact) mass is 268 g/mol. The van der Waals surface area contributed by atoms with Crippen molar-refractivity contribution in [3.63, 3.8) is 0 Å². The molecular weight excluding hydrogens is 251 g/mol. The molecule has 0 spiro atoms. The summed E-state index contributed by atoms with van der Waals surface area (Å²) < 4.78 is 13.6. The summed E-state index contributed by atoms with van der Waals surface area (Å²) in [6.07, 6.45) is 3.28. The molecule has 1 atom stereocenters. The molecular formula is C13H17FN2O3. The van der Waals surface area contributed by atoms with Gasteiger partial charge in [0.25, 0.3) is 0 Å². The second-order valence-corrected chi connectivity index (χ2v) is 4.72. The van der Waals surface area contributed by atoms with Crippen molar-refractivity contribution in [3.05, 3.63) is 34.1 Å². The highest BCUT2D eigenvalue weighted by atomic mass is 19.1. The van der Waals surface area contributed by atoms with Crippen LogP contribution in [0.1, 0.15) is 25.7 Å². The lowest BCUT2D eigenvalue weighted by Crippen LogP contribution is -2.30. The van der Waals surface area contributed by atoms with Gasteiger partial charge in [-0.05, 0) is 37.8 Å². The van der Waals surface area contributed by atoms with Crippen LogP contribution in [0.5, 0.6) is 0 Å². The minimum atomic E-state index is -0.796. The number of para-hydroxylation sites is 1. The van der Waals surface area contributed by atoms with Crippen molar-refractivity contribution in [2.75, 3.05) is 18.1 Å². The first-order chi connectivity index (χ1) is 9.15. The van der Waals surface area contributed by atoms with Gasteiger partial charge in [-0.2, -0.15) is 4.39 Å². The van der Waals surface area contributed by atoms with Gasteiger partial charge in [-0.15, -0.1) is 0 Å². The molecule has 1 heterocycles. The zero-order valence-corrected chi connectivity index (χ0v) is 10.6. The molecule has 6 heteroatoms. The van der Waals surface area contributed by atoms with Crippen LogP contribution in [0.3, 0.4) is 0 Å². The second-order valence-electron chi connectivity index (χ2n) is 4.72. The predicted octanol–water partition coefficient (Wildman–Crippen LogP) is 2.48. The van der Waals surface area contributed by atoms with Gasteiger partial charge in [0.15, 0.2) is 0 Å². The first-order valence-corrected chi connectivity index (χ1v) is 6.45. The van der Waals surface area contributed by atoms with Gasteiger partial charge in [0.2, 0.25) is 5.82 Å². The number of nitro benzene ring substituents is 1. The topological polar surface area (TPSA) is 66.6 Å². The molecule has 1 unspecified atom stereocenters. The lowest BCUT2D eigenvalue weighted by Gasteiger charge is -2.26. The van der Waals surface area contributed by atoms with Gasteiger partial charge in [0, 0.05) is 19.2 Å². The second kappa shape index (κ2) is 5.97. The van der Waals surface area contributed by atoms with Crippen LogP contribution in [0.2, 0.25) is 0 Å². The summed E-state index contributed by atoms with van der Waals surface area (Å²) in [4.78, 5) is 12.3. The molecule has 0 saturated carbocycles. The number of benzene rings is 1. The van der Waals surface area contributed by atoms with E-state index in [4.69, 9.17) is 5.11 Å². The molecule has 104 valence electrons. The van der Waals surface area contributed by atoms with Crippen LogP contribution in [0.4, 0.5) is 15.8 Å². The summed E-state index contributed by atoms with van der Waals surface area (Å²) in [6, 6.07) is 4.35. The Bertz CT molecular complexity index is 467. The highest BCUT2D eigenvalue weighted by Gasteiger charge is 2.31. The molecule has 2 rings (SSSR count). The fraction of sp³-hybridized carbons (Fsp3) is 0.538. The van der Waals surface area contributed by atoms with Crippen molar-refractivity contribution < 1.29 is 14.4 Å². The zero-order valence-electron chi connectivity index (χ0n) is 10.6. The largest absolute Gasteiger partial charge is 0.396 e. The van der Waals surface area contributed by atoms with E-state index >= 15 is 0 Å². The third-order valence-corrected chi connectivity index (χ3v) is 3.53. The third kappa shape index (κ3) is 2.84. The summed E-state index contributed by atoms with van der Waals surface area (Å²) in [6.45, 7) is 0.802. The molecule has 1 saturated heterocycles. The summed E-state index contributed by atoms with van der Waals surface area (Å²) in [5.74, 6) is -0.796. The van der Waals surface area contributed by atoms with E-state index in [-0.39, 0.29) is 12.6 Å². The molecule has 0 bridgehead atoms. The standard InChI is InChI=1S/C13H17FN2O3/c14-11-6-1-7-12(13(11)16(18)19)15-8-2-4-10(15)5-3-9-17/h1,6-7,10,17H,2-5,8-9H2.